The van der Waals surface area contributed by atoms with Crippen LogP contribution in [0.25, 0.3) is 0 Å². The Bertz CT molecular complexity index is 466. The molecule has 17 heavy (non-hydrogen) atoms. The molecule has 1 aromatic rings. The van der Waals surface area contributed by atoms with Crippen LogP contribution in [0.3, 0.4) is 0 Å². The van der Waals surface area contributed by atoms with Gasteiger partial charge in [0.25, 0.3) is 0 Å². The van der Waals surface area contributed by atoms with Crippen molar-refractivity contribution in [2.75, 3.05) is 6.61 Å². The Hall–Kier alpha value is -1.14. The fourth-order valence-corrected chi connectivity index (χ4v) is 2.19. The molecule has 0 aliphatic heterocycles. The van der Waals surface area contributed by atoms with Crippen LogP contribution in [0.5, 0.6) is 5.88 Å². The van der Waals surface area contributed by atoms with Gasteiger partial charge >= 0.3 is 0 Å². The van der Waals surface area contributed by atoms with Crippen LogP contribution < -0.4 is 9.88 Å². The van der Waals surface area contributed by atoms with Crippen LogP contribution in [-0.4, -0.2) is 20.0 Å². The molecule has 94 valence electrons. The zero-order valence-electron chi connectivity index (χ0n) is 9.50. The third-order valence-electron chi connectivity index (χ3n) is 3.04. The molecule has 1 fully saturated rings. The van der Waals surface area contributed by atoms with Crippen molar-refractivity contribution in [3.8, 4) is 5.88 Å². The zero-order chi connectivity index (χ0) is 12.3. The van der Waals surface area contributed by atoms with Crippen LogP contribution in [0.2, 0.25) is 0 Å². The molecule has 0 saturated heterocycles. The van der Waals surface area contributed by atoms with E-state index in [0.717, 1.165) is 12.3 Å². The number of sulfonamides is 1. The molecular formula is C11H16N2O3S. The molecule has 1 aromatic heterocycles. The summed E-state index contributed by atoms with van der Waals surface area (Å²) in [6, 6.07) is 2.93. The van der Waals surface area contributed by atoms with Gasteiger partial charge in [0.05, 0.1) is 12.8 Å². The Morgan fingerprint density at radius 3 is 2.65 bits per heavy atom. The minimum Gasteiger partial charge on any atom is -0.478 e. The normalized spacial score (nSPS) is 16.5. The standard InChI is InChI=1S/C11H16N2O3S/c12-17(14,15)10-4-5-11(13-8-10)16-7-6-9-2-1-3-9/h4-5,8-9H,1-3,6-7H2,(H2,12,14,15). The molecule has 2 N–H and O–H groups in total. The van der Waals surface area contributed by atoms with Crippen LogP contribution >= 0.6 is 0 Å². The van der Waals surface area contributed by atoms with Crippen LogP contribution in [0.1, 0.15) is 25.7 Å². The zero-order valence-corrected chi connectivity index (χ0v) is 10.3. The molecular weight excluding hydrogens is 240 g/mol. The summed E-state index contributed by atoms with van der Waals surface area (Å²) in [7, 11) is -3.67. The van der Waals surface area contributed by atoms with Crippen molar-refractivity contribution in [3.63, 3.8) is 0 Å². The maximum Gasteiger partial charge on any atom is 0.239 e. The number of hydrogen-bond acceptors (Lipinski definition) is 4. The monoisotopic (exact) mass is 256 g/mol. The van der Waals surface area contributed by atoms with Gasteiger partial charge in [-0.1, -0.05) is 19.3 Å². The minimum atomic E-state index is -3.67. The lowest BCUT2D eigenvalue weighted by Crippen LogP contribution is -2.15. The number of rotatable bonds is 5. The van der Waals surface area contributed by atoms with E-state index in [2.05, 4.69) is 4.98 Å². The fraction of sp³-hybridized carbons (Fsp3) is 0.545. The highest BCUT2D eigenvalue weighted by Gasteiger charge is 2.17. The number of ether oxygens (including phenoxy) is 1. The van der Waals surface area contributed by atoms with E-state index in [-0.39, 0.29) is 4.90 Å². The van der Waals surface area contributed by atoms with Crippen LogP contribution in [0.4, 0.5) is 0 Å². The summed E-state index contributed by atoms with van der Waals surface area (Å²) < 4.78 is 27.4. The van der Waals surface area contributed by atoms with E-state index in [1.807, 2.05) is 0 Å². The predicted octanol–water partition coefficient (Wildman–Crippen LogP) is 1.30. The van der Waals surface area contributed by atoms with Gasteiger partial charge in [-0.25, -0.2) is 18.5 Å². The molecule has 1 heterocycles. The molecule has 0 aromatic carbocycles. The van der Waals surface area contributed by atoms with Gasteiger partial charge in [-0.15, -0.1) is 0 Å². The highest BCUT2D eigenvalue weighted by molar-refractivity contribution is 7.89. The molecule has 0 amide bonds. The summed E-state index contributed by atoms with van der Waals surface area (Å²) >= 11 is 0. The smallest absolute Gasteiger partial charge is 0.239 e. The van der Waals surface area contributed by atoms with E-state index in [9.17, 15) is 8.42 Å². The second-order valence-corrected chi connectivity index (χ2v) is 5.87. The molecule has 0 atom stereocenters. The van der Waals surface area contributed by atoms with Crippen molar-refractivity contribution < 1.29 is 13.2 Å². The van der Waals surface area contributed by atoms with Crippen molar-refractivity contribution >= 4 is 10.0 Å². The van der Waals surface area contributed by atoms with E-state index in [0.29, 0.717) is 12.5 Å². The summed E-state index contributed by atoms with van der Waals surface area (Å²) in [5, 5.41) is 4.96. The van der Waals surface area contributed by atoms with E-state index in [1.54, 1.807) is 0 Å². The van der Waals surface area contributed by atoms with Crippen molar-refractivity contribution in [2.24, 2.45) is 11.1 Å². The minimum absolute atomic E-state index is 0.00356. The van der Waals surface area contributed by atoms with Gasteiger partial charge in [-0.05, 0) is 18.4 Å². The molecule has 0 spiro atoms. The summed E-state index contributed by atoms with van der Waals surface area (Å²) in [5.41, 5.74) is 0. The van der Waals surface area contributed by atoms with Gasteiger partial charge < -0.3 is 4.74 Å². The average molecular weight is 256 g/mol. The maximum absolute atomic E-state index is 11.0. The van der Waals surface area contributed by atoms with Gasteiger partial charge in [-0.2, -0.15) is 0 Å². The molecule has 6 heteroatoms. The lowest BCUT2D eigenvalue weighted by atomic mass is 9.83. The van der Waals surface area contributed by atoms with E-state index >= 15 is 0 Å². The number of nitrogens with zero attached hydrogens (tertiary/aromatic N) is 1. The summed E-state index contributed by atoms with van der Waals surface area (Å²) in [6.45, 7) is 0.631. The summed E-state index contributed by atoms with van der Waals surface area (Å²) in [4.78, 5) is 3.91. The highest BCUT2D eigenvalue weighted by Crippen LogP contribution is 2.29. The second-order valence-electron chi connectivity index (χ2n) is 4.31. The molecule has 5 nitrogen and oxygen atoms in total. The molecule has 1 saturated carbocycles. The number of aromatic nitrogens is 1. The number of hydrogen-bond donors (Lipinski definition) is 1. The topological polar surface area (TPSA) is 82.3 Å². The van der Waals surface area contributed by atoms with Gasteiger partial charge in [0, 0.05) is 6.07 Å². The third kappa shape index (κ3) is 3.41. The van der Waals surface area contributed by atoms with E-state index in [1.165, 1.54) is 37.6 Å². The first-order chi connectivity index (χ1) is 8.05. The Balaban J connectivity index is 1.85. The quantitative estimate of drug-likeness (QED) is 0.860. The Kier molecular flexibility index (Phi) is 3.63. The van der Waals surface area contributed by atoms with Crippen LogP contribution in [0.15, 0.2) is 23.2 Å². The largest absolute Gasteiger partial charge is 0.478 e. The summed E-state index contributed by atoms with van der Waals surface area (Å²) in [5.74, 6) is 1.23. The van der Waals surface area contributed by atoms with Crippen LogP contribution in [0, 0.1) is 5.92 Å². The number of pyridine rings is 1. The molecule has 1 aliphatic carbocycles. The van der Waals surface area contributed by atoms with Crippen molar-refractivity contribution in [3.05, 3.63) is 18.3 Å². The second kappa shape index (κ2) is 5.01. The molecule has 2 rings (SSSR count). The SMILES string of the molecule is NS(=O)(=O)c1ccc(OCCC2CCC2)nc1. The van der Waals surface area contributed by atoms with Crippen molar-refractivity contribution in [1.29, 1.82) is 0 Å². The van der Waals surface area contributed by atoms with Gasteiger partial charge in [-0.3, -0.25) is 0 Å². The number of primary sulfonamides is 1. The first-order valence-electron chi connectivity index (χ1n) is 5.67. The molecule has 1 aliphatic rings. The highest BCUT2D eigenvalue weighted by atomic mass is 32.2. The average Bonchev–Trinajstić information content (AvgIpc) is 2.21. The van der Waals surface area contributed by atoms with Gasteiger partial charge in [0.15, 0.2) is 0 Å². The molecule has 0 unspecified atom stereocenters. The molecule has 0 bridgehead atoms. The first-order valence-corrected chi connectivity index (χ1v) is 7.22. The fourth-order valence-electron chi connectivity index (χ4n) is 1.73. The van der Waals surface area contributed by atoms with E-state index in [4.69, 9.17) is 9.88 Å². The predicted molar refractivity (Wildman–Crippen MR) is 63.1 cm³/mol. The Labute approximate surface area is 101 Å². The summed E-state index contributed by atoms with van der Waals surface area (Å²) in [6.07, 6.45) is 6.17. The van der Waals surface area contributed by atoms with Gasteiger partial charge in [0.2, 0.25) is 15.9 Å². The van der Waals surface area contributed by atoms with Crippen molar-refractivity contribution in [2.45, 2.75) is 30.6 Å². The maximum atomic E-state index is 11.0. The molecule has 0 radical (unpaired) electrons. The lowest BCUT2D eigenvalue weighted by molar-refractivity contribution is 0.217. The first kappa shape index (κ1) is 12.3. The lowest BCUT2D eigenvalue weighted by Gasteiger charge is -2.24. The van der Waals surface area contributed by atoms with Crippen LogP contribution in [-0.2, 0) is 10.0 Å². The van der Waals surface area contributed by atoms with Gasteiger partial charge in [0.1, 0.15) is 4.90 Å². The third-order valence-corrected chi connectivity index (χ3v) is 3.94. The Morgan fingerprint density at radius 2 is 2.18 bits per heavy atom. The Morgan fingerprint density at radius 1 is 1.41 bits per heavy atom. The van der Waals surface area contributed by atoms with Crippen molar-refractivity contribution in [1.82, 2.24) is 4.98 Å². The number of nitrogens with two attached hydrogens (primary N) is 1. The van der Waals surface area contributed by atoms with E-state index < -0.39 is 10.0 Å².